The lowest BCUT2D eigenvalue weighted by Crippen LogP contribution is -2.30. The number of benzene rings is 1. The van der Waals surface area contributed by atoms with Gasteiger partial charge >= 0.3 is 0 Å². The summed E-state index contributed by atoms with van der Waals surface area (Å²) in [5.74, 6) is 0.610. The smallest absolute Gasteiger partial charge is 0.0593 e. The van der Waals surface area contributed by atoms with E-state index in [1.807, 2.05) is 12.1 Å². The van der Waals surface area contributed by atoms with Crippen LogP contribution in [-0.4, -0.2) is 30.7 Å². The van der Waals surface area contributed by atoms with Crippen LogP contribution in [0.1, 0.15) is 32.3 Å². The fourth-order valence-electron chi connectivity index (χ4n) is 2.23. The molecule has 19 heavy (non-hydrogen) atoms. The van der Waals surface area contributed by atoms with Crippen molar-refractivity contribution in [2.75, 3.05) is 25.5 Å². The predicted molar refractivity (Wildman–Crippen MR) is 79.9 cm³/mol. The average molecular weight is 262 g/mol. The number of hydrogen-bond donors (Lipinski definition) is 1. The second kappa shape index (κ2) is 6.92. The minimum atomic E-state index is 0.610. The zero-order valence-corrected chi connectivity index (χ0v) is 12.1. The van der Waals surface area contributed by atoms with Gasteiger partial charge in [0, 0.05) is 31.4 Å². The van der Waals surface area contributed by atoms with Gasteiger partial charge in [0.1, 0.15) is 0 Å². The lowest BCUT2D eigenvalue weighted by molar-refractivity contribution is 0.0811. The van der Waals surface area contributed by atoms with Crippen molar-refractivity contribution in [3.8, 4) is 0 Å². The molecule has 0 saturated heterocycles. The van der Waals surface area contributed by atoms with Crippen molar-refractivity contribution >= 4 is 5.69 Å². The van der Waals surface area contributed by atoms with Gasteiger partial charge in [0.05, 0.1) is 6.61 Å². The van der Waals surface area contributed by atoms with Gasteiger partial charge in [-0.15, -0.1) is 0 Å². The van der Waals surface area contributed by atoms with Gasteiger partial charge in [0.25, 0.3) is 0 Å². The van der Waals surface area contributed by atoms with Crippen LogP contribution in [0.4, 0.5) is 5.69 Å². The van der Waals surface area contributed by atoms with E-state index in [1.54, 1.807) is 0 Å². The van der Waals surface area contributed by atoms with E-state index in [9.17, 15) is 0 Å². The summed E-state index contributed by atoms with van der Waals surface area (Å²) in [6, 6.07) is 8.90. The number of rotatable bonds is 8. The Kier molecular flexibility index (Phi) is 5.23. The normalized spacial score (nSPS) is 15.4. The van der Waals surface area contributed by atoms with E-state index in [4.69, 9.17) is 10.5 Å². The van der Waals surface area contributed by atoms with Crippen LogP contribution in [0, 0.1) is 5.92 Å². The minimum absolute atomic E-state index is 0.610. The first-order valence-corrected chi connectivity index (χ1v) is 7.32. The Hall–Kier alpha value is -1.06. The summed E-state index contributed by atoms with van der Waals surface area (Å²) in [7, 11) is 0. The van der Waals surface area contributed by atoms with Gasteiger partial charge < -0.3 is 10.5 Å². The lowest BCUT2D eigenvalue weighted by atomic mass is 10.1. The molecule has 2 N–H and O–H groups in total. The Morgan fingerprint density at radius 3 is 2.68 bits per heavy atom. The van der Waals surface area contributed by atoms with Gasteiger partial charge in [-0.3, -0.25) is 4.90 Å². The van der Waals surface area contributed by atoms with E-state index in [0.29, 0.717) is 5.92 Å². The molecule has 0 spiro atoms. The zero-order valence-electron chi connectivity index (χ0n) is 12.1. The van der Waals surface area contributed by atoms with Gasteiger partial charge in [-0.25, -0.2) is 0 Å². The van der Waals surface area contributed by atoms with Crippen molar-refractivity contribution in [3.63, 3.8) is 0 Å². The SMILES string of the molecule is CC(C)COCCN(Cc1ccccc1N)C1CC1. The van der Waals surface area contributed by atoms with Gasteiger partial charge in [0.2, 0.25) is 0 Å². The number of nitrogens with zero attached hydrogens (tertiary/aromatic N) is 1. The van der Waals surface area contributed by atoms with Crippen LogP contribution in [0.5, 0.6) is 0 Å². The number of nitrogen functional groups attached to an aromatic ring is 1. The van der Waals surface area contributed by atoms with Crippen molar-refractivity contribution < 1.29 is 4.74 Å². The number of hydrogen-bond acceptors (Lipinski definition) is 3. The molecule has 1 aromatic carbocycles. The Morgan fingerprint density at radius 1 is 1.32 bits per heavy atom. The molecule has 1 fully saturated rings. The number of ether oxygens (including phenoxy) is 1. The molecule has 0 atom stereocenters. The summed E-state index contributed by atoms with van der Waals surface area (Å²) < 4.78 is 5.70. The number of para-hydroxylation sites is 1. The van der Waals surface area contributed by atoms with Crippen LogP contribution in [0.25, 0.3) is 0 Å². The van der Waals surface area contributed by atoms with E-state index in [2.05, 4.69) is 30.9 Å². The molecule has 1 saturated carbocycles. The van der Waals surface area contributed by atoms with E-state index in [1.165, 1.54) is 18.4 Å². The van der Waals surface area contributed by atoms with E-state index in [-0.39, 0.29) is 0 Å². The van der Waals surface area contributed by atoms with E-state index < -0.39 is 0 Å². The third kappa shape index (κ3) is 4.84. The Bertz CT molecular complexity index is 388. The highest BCUT2D eigenvalue weighted by molar-refractivity contribution is 5.46. The van der Waals surface area contributed by atoms with Crippen LogP contribution < -0.4 is 5.73 Å². The molecule has 1 aliphatic rings. The summed E-state index contributed by atoms with van der Waals surface area (Å²) >= 11 is 0. The largest absolute Gasteiger partial charge is 0.398 e. The van der Waals surface area contributed by atoms with Crippen LogP contribution in [-0.2, 0) is 11.3 Å². The highest BCUT2D eigenvalue weighted by Gasteiger charge is 2.28. The predicted octanol–water partition coefficient (Wildman–Crippen LogP) is 2.91. The molecule has 106 valence electrons. The average Bonchev–Trinajstić information content (AvgIpc) is 3.19. The first-order valence-electron chi connectivity index (χ1n) is 7.32. The quantitative estimate of drug-likeness (QED) is 0.578. The number of nitrogens with two attached hydrogens (primary N) is 1. The van der Waals surface area contributed by atoms with Gasteiger partial charge in [-0.1, -0.05) is 32.0 Å². The van der Waals surface area contributed by atoms with E-state index in [0.717, 1.165) is 38.0 Å². The fraction of sp³-hybridized carbons (Fsp3) is 0.625. The van der Waals surface area contributed by atoms with Crippen molar-refractivity contribution in [2.24, 2.45) is 5.92 Å². The Labute approximate surface area is 116 Å². The van der Waals surface area contributed by atoms with E-state index >= 15 is 0 Å². The van der Waals surface area contributed by atoms with Crippen LogP contribution in [0.15, 0.2) is 24.3 Å². The van der Waals surface area contributed by atoms with Crippen molar-refractivity contribution in [2.45, 2.75) is 39.3 Å². The summed E-state index contributed by atoms with van der Waals surface area (Å²) in [6.45, 7) is 7.99. The third-order valence-electron chi connectivity index (χ3n) is 3.47. The van der Waals surface area contributed by atoms with Crippen LogP contribution >= 0.6 is 0 Å². The molecule has 3 heteroatoms. The molecule has 2 rings (SSSR count). The van der Waals surface area contributed by atoms with Gasteiger partial charge in [-0.05, 0) is 30.4 Å². The summed E-state index contributed by atoms with van der Waals surface area (Å²) in [5.41, 5.74) is 8.16. The summed E-state index contributed by atoms with van der Waals surface area (Å²) in [5, 5.41) is 0. The maximum atomic E-state index is 6.03. The zero-order chi connectivity index (χ0) is 13.7. The van der Waals surface area contributed by atoms with Crippen molar-refractivity contribution in [1.29, 1.82) is 0 Å². The molecule has 1 aliphatic carbocycles. The van der Waals surface area contributed by atoms with Gasteiger partial charge in [0.15, 0.2) is 0 Å². The highest BCUT2D eigenvalue weighted by Crippen LogP contribution is 2.28. The third-order valence-corrected chi connectivity index (χ3v) is 3.47. The van der Waals surface area contributed by atoms with Crippen LogP contribution in [0.3, 0.4) is 0 Å². The summed E-state index contributed by atoms with van der Waals surface area (Å²) in [6.07, 6.45) is 2.63. The van der Waals surface area contributed by atoms with Crippen LogP contribution in [0.2, 0.25) is 0 Å². The Balaban J connectivity index is 1.81. The molecule has 3 nitrogen and oxygen atoms in total. The standard InChI is InChI=1S/C16H26N2O/c1-13(2)12-19-10-9-18(15-7-8-15)11-14-5-3-4-6-16(14)17/h3-6,13,15H,7-12,17H2,1-2H3. The molecule has 0 unspecified atom stereocenters. The topological polar surface area (TPSA) is 38.5 Å². The molecule has 0 bridgehead atoms. The molecule has 0 amide bonds. The summed E-state index contributed by atoms with van der Waals surface area (Å²) in [4.78, 5) is 2.51. The fourth-order valence-corrected chi connectivity index (χ4v) is 2.23. The van der Waals surface area contributed by atoms with Crippen molar-refractivity contribution in [3.05, 3.63) is 29.8 Å². The van der Waals surface area contributed by atoms with Gasteiger partial charge in [-0.2, -0.15) is 0 Å². The first-order chi connectivity index (χ1) is 9.16. The minimum Gasteiger partial charge on any atom is -0.398 e. The monoisotopic (exact) mass is 262 g/mol. The maximum Gasteiger partial charge on any atom is 0.0593 e. The lowest BCUT2D eigenvalue weighted by Gasteiger charge is -2.23. The number of anilines is 1. The maximum absolute atomic E-state index is 6.03. The van der Waals surface area contributed by atoms with Crippen molar-refractivity contribution in [1.82, 2.24) is 4.90 Å². The molecular formula is C16H26N2O. The molecule has 0 aliphatic heterocycles. The molecule has 0 heterocycles. The molecule has 0 radical (unpaired) electrons. The highest BCUT2D eigenvalue weighted by atomic mass is 16.5. The Morgan fingerprint density at radius 2 is 2.05 bits per heavy atom. The second-order valence-corrected chi connectivity index (χ2v) is 5.87. The molecular weight excluding hydrogens is 236 g/mol. The first kappa shape index (κ1) is 14.4. The molecule has 1 aromatic rings. The second-order valence-electron chi connectivity index (χ2n) is 5.87. The molecule has 0 aromatic heterocycles.